The van der Waals surface area contributed by atoms with Crippen LogP contribution in [-0.4, -0.2) is 0 Å². The highest BCUT2D eigenvalue weighted by atomic mass is 13.7. The van der Waals surface area contributed by atoms with Crippen LogP contribution in [0.4, 0.5) is 0 Å². The summed E-state index contributed by atoms with van der Waals surface area (Å²) in [5.41, 5.74) is 0. The van der Waals surface area contributed by atoms with Gasteiger partial charge in [-0.2, -0.15) is 0 Å². The maximum atomic E-state index is 2.17. The predicted octanol–water partition coefficient (Wildman–Crippen LogP) is 3.71. The average molecular weight is 118 g/mol. The summed E-state index contributed by atoms with van der Waals surface area (Å²) >= 11 is 0. The van der Waals surface area contributed by atoms with Crippen molar-refractivity contribution < 1.29 is 0 Å². The van der Waals surface area contributed by atoms with Crippen molar-refractivity contribution in [2.24, 2.45) is 5.92 Å². The Hall–Kier alpha value is 0. The van der Waals surface area contributed by atoms with Gasteiger partial charge in [-0.1, -0.05) is 48.5 Å². The van der Waals surface area contributed by atoms with Gasteiger partial charge in [0.15, 0.2) is 0 Å². The van der Waals surface area contributed by atoms with E-state index in [1.165, 1.54) is 6.42 Å². The van der Waals surface area contributed by atoms with Gasteiger partial charge < -0.3 is 0 Å². The first-order valence-corrected chi connectivity index (χ1v) is 3.15. The van der Waals surface area contributed by atoms with E-state index in [0.717, 1.165) is 5.92 Å². The first-order valence-electron chi connectivity index (χ1n) is 3.15. The Kier molecular flexibility index (Phi) is 30.9. The van der Waals surface area contributed by atoms with Crippen molar-refractivity contribution >= 4 is 0 Å². The van der Waals surface area contributed by atoms with E-state index in [0.29, 0.717) is 0 Å². The summed E-state index contributed by atoms with van der Waals surface area (Å²) in [4.78, 5) is 0. The van der Waals surface area contributed by atoms with Crippen molar-refractivity contribution in [3.8, 4) is 0 Å². The molecule has 0 aromatic carbocycles. The first-order chi connectivity index (χ1) is 3.15. The van der Waals surface area contributed by atoms with Gasteiger partial charge in [0.1, 0.15) is 0 Å². The van der Waals surface area contributed by atoms with Gasteiger partial charge in [-0.25, -0.2) is 0 Å². The van der Waals surface area contributed by atoms with Crippen LogP contribution in [0.5, 0.6) is 0 Å². The highest BCUT2D eigenvalue weighted by Gasteiger charge is 1.68. The second-order valence-electron chi connectivity index (χ2n) is 2.44. The predicted molar refractivity (Wildman–Crippen MR) is 43.2 cm³/mol. The molecule has 0 heteroatoms. The second-order valence-corrected chi connectivity index (χ2v) is 2.44. The van der Waals surface area contributed by atoms with Crippen LogP contribution >= 0.6 is 0 Å². The van der Waals surface area contributed by atoms with Crippen LogP contribution in [0.1, 0.15) is 48.5 Å². The normalized spacial score (nSPS) is 6.75. The van der Waals surface area contributed by atoms with Crippen molar-refractivity contribution in [2.45, 2.75) is 48.5 Å². The molecule has 0 amide bonds. The minimum absolute atomic E-state index is 0. The summed E-state index contributed by atoms with van der Waals surface area (Å²) in [6, 6.07) is 0. The van der Waals surface area contributed by atoms with E-state index < -0.39 is 0 Å². The maximum absolute atomic E-state index is 2.17. The number of hydrogen-bond acceptors (Lipinski definition) is 0. The molecule has 0 aliphatic rings. The van der Waals surface area contributed by atoms with E-state index in [4.69, 9.17) is 0 Å². The minimum atomic E-state index is 0. The Morgan fingerprint density at radius 3 is 1.00 bits per heavy atom. The van der Waals surface area contributed by atoms with Gasteiger partial charge in [0, 0.05) is 0 Å². The fourth-order valence-corrected chi connectivity index (χ4v) is 0. The van der Waals surface area contributed by atoms with Crippen molar-refractivity contribution in [3.05, 3.63) is 0 Å². The lowest BCUT2D eigenvalue weighted by atomic mass is 10.3. The first kappa shape index (κ1) is 15.7. The Balaban J connectivity index is -0.0000000575. The molecule has 0 aromatic rings. The van der Waals surface area contributed by atoms with Gasteiger partial charge in [-0.15, -0.1) is 0 Å². The molecule has 0 saturated heterocycles. The average Bonchev–Trinajstić information content (AvgIpc) is 1.33. The molecule has 0 radical (unpaired) electrons. The third kappa shape index (κ3) is 0. The van der Waals surface area contributed by atoms with Crippen molar-refractivity contribution in [1.82, 2.24) is 0 Å². The van der Waals surface area contributed by atoms with E-state index in [2.05, 4.69) is 34.6 Å². The second kappa shape index (κ2) is 15.8. The molecular weight excluding hydrogens is 96.1 g/mol. The lowest BCUT2D eigenvalue weighted by Crippen LogP contribution is -1.66. The van der Waals surface area contributed by atoms with Crippen LogP contribution in [0.3, 0.4) is 0 Å². The molecule has 0 unspecified atom stereocenters. The highest BCUT2D eigenvalue weighted by molar-refractivity contribution is 4.20. The smallest absolute Gasteiger partial charge is 0.0500 e. The third-order valence-electron chi connectivity index (χ3n) is 0. The molecule has 0 aliphatic carbocycles. The van der Waals surface area contributed by atoms with E-state index in [-0.39, 0.29) is 7.43 Å². The summed E-state index contributed by atoms with van der Waals surface area (Å²) in [5.74, 6) is 0.833. The zero-order valence-electron chi connectivity index (χ0n) is 6.28. The van der Waals surface area contributed by atoms with Crippen molar-refractivity contribution in [1.29, 1.82) is 0 Å². The van der Waals surface area contributed by atoms with Gasteiger partial charge in [0.25, 0.3) is 0 Å². The highest BCUT2D eigenvalue weighted by Crippen LogP contribution is 1.81. The molecule has 0 fully saturated rings. The zero-order chi connectivity index (χ0) is 6.28. The number of hydrogen-bond donors (Lipinski definition) is 0. The third-order valence-corrected chi connectivity index (χ3v) is 0. The molecule has 0 saturated carbocycles. The van der Waals surface area contributed by atoms with Crippen LogP contribution < -0.4 is 0 Å². The monoisotopic (exact) mass is 118 g/mol. The SMILES string of the molecule is C.CC(C)C.CCC. The Labute approximate surface area is 55.3 Å². The van der Waals surface area contributed by atoms with Crippen molar-refractivity contribution in [3.63, 3.8) is 0 Å². The largest absolute Gasteiger partial charge is 0.0776 e. The molecule has 8 heavy (non-hydrogen) atoms. The lowest BCUT2D eigenvalue weighted by molar-refractivity contribution is 0.737. The van der Waals surface area contributed by atoms with Crippen LogP contribution in [-0.2, 0) is 0 Å². The van der Waals surface area contributed by atoms with Gasteiger partial charge in [-0.05, 0) is 5.92 Å². The van der Waals surface area contributed by atoms with Crippen LogP contribution in [0.25, 0.3) is 0 Å². The van der Waals surface area contributed by atoms with Crippen LogP contribution in [0, 0.1) is 5.92 Å². The maximum Gasteiger partial charge on any atom is -0.0500 e. The summed E-state index contributed by atoms with van der Waals surface area (Å²) in [5, 5.41) is 0. The lowest BCUT2D eigenvalue weighted by Gasteiger charge is -1.79. The molecule has 0 aromatic heterocycles. The minimum Gasteiger partial charge on any atom is -0.0776 e. The molecule has 0 nitrogen and oxygen atoms in total. The Morgan fingerprint density at radius 1 is 1.00 bits per heavy atom. The standard InChI is InChI=1S/C4H10.C3H8.CH4/c1-4(2)3;1-3-2;/h4H,1-3H3;3H2,1-2H3;1H4. The Morgan fingerprint density at radius 2 is 1.00 bits per heavy atom. The summed E-state index contributed by atoms with van der Waals surface area (Å²) < 4.78 is 0. The van der Waals surface area contributed by atoms with E-state index >= 15 is 0 Å². The van der Waals surface area contributed by atoms with Gasteiger partial charge in [-0.3, -0.25) is 0 Å². The van der Waals surface area contributed by atoms with Crippen molar-refractivity contribution in [2.75, 3.05) is 0 Å². The molecule has 0 aliphatic heterocycles. The van der Waals surface area contributed by atoms with E-state index in [1.54, 1.807) is 0 Å². The van der Waals surface area contributed by atoms with Gasteiger partial charge in [0.2, 0.25) is 0 Å². The Bertz CT molecular complexity index is 11.2. The topological polar surface area (TPSA) is 0 Å². The van der Waals surface area contributed by atoms with E-state index in [1.807, 2.05) is 0 Å². The van der Waals surface area contributed by atoms with E-state index in [9.17, 15) is 0 Å². The zero-order valence-corrected chi connectivity index (χ0v) is 6.28. The summed E-state index contributed by atoms with van der Waals surface area (Å²) in [6.07, 6.45) is 1.25. The molecule has 0 atom stereocenters. The molecule has 0 heterocycles. The summed E-state index contributed by atoms with van der Waals surface area (Å²) in [7, 11) is 0. The van der Waals surface area contributed by atoms with Crippen LogP contribution in [0.2, 0.25) is 0 Å². The molecule has 0 N–H and O–H groups in total. The summed E-state index contributed by atoms with van der Waals surface area (Å²) in [6.45, 7) is 10.8. The molecule has 0 rings (SSSR count). The van der Waals surface area contributed by atoms with Gasteiger partial charge >= 0.3 is 0 Å². The fraction of sp³-hybridized carbons (Fsp3) is 1.00. The van der Waals surface area contributed by atoms with Gasteiger partial charge in [0.05, 0.1) is 0 Å². The number of rotatable bonds is 0. The fourth-order valence-electron chi connectivity index (χ4n) is 0. The molecule has 0 bridgehead atoms. The quantitative estimate of drug-likeness (QED) is 0.455. The molecule has 54 valence electrons. The molecule has 0 spiro atoms. The molecular formula is C8H22. The van der Waals surface area contributed by atoms with Crippen LogP contribution in [0.15, 0.2) is 0 Å².